The van der Waals surface area contributed by atoms with Crippen molar-refractivity contribution in [3.05, 3.63) is 54.1 Å². The first kappa shape index (κ1) is 15.2. The maximum atomic E-state index is 12.6. The van der Waals surface area contributed by atoms with E-state index < -0.39 is 33.2 Å². The summed E-state index contributed by atoms with van der Waals surface area (Å²) in [5.41, 5.74) is -1.60. The van der Waals surface area contributed by atoms with Crippen LogP contribution in [-0.2, 0) is 16.2 Å². The van der Waals surface area contributed by atoms with E-state index in [2.05, 4.69) is 0 Å². The Bertz CT molecular complexity index is 743. The Labute approximate surface area is 118 Å². The molecule has 0 fully saturated rings. The van der Waals surface area contributed by atoms with Crippen LogP contribution in [0.1, 0.15) is 5.56 Å². The fourth-order valence-corrected chi connectivity index (χ4v) is 2.68. The fourth-order valence-electron chi connectivity index (χ4n) is 1.60. The molecule has 0 bridgehead atoms. The summed E-state index contributed by atoms with van der Waals surface area (Å²) in [4.78, 5) is -0.123. The lowest BCUT2D eigenvalue weighted by molar-refractivity contribution is -0.137. The van der Waals surface area contributed by atoms with Gasteiger partial charge in [-0.2, -0.15) is 13.2 Å². The number of anilines is 1. The smallest absolute Gasteiger partial charge is 0.416 e. The van der Waals surface area contributed by atoms with E-state index in [1.807, 2.05) is 4.72 Å². The second-order valence-corrected chi connectivity index (χ2v) is 5.83. The second-order valence-electron chi connectivity index (χ2n) is 4.15. The number of sulfonamides is 1. The van der Waals surface area contributed by atoms with Crippen molar-refractivity contribution in [2.75, 3.05) is 4.72 Å². The van der Waals surface area contributed by atoms with Gasteiger partial charge in [0.25, 0.3) is 10.0 Å². The van der Waals surface area contributed by atoms with Gasteiger partial charge < -0.3 is 5.11 Å². The van der Waals surface area contributed by atoms with Crippen LogP contribution in [0.25, 0.3) is 0 Å². The van der Waals surface area contributed by atoms with E-state index in [4.69, 9.17) is 0 Å². The van der Waals surface area contributed by atoms with Crippen molar-refractivity contribution in [2.24, 2.45) is 0 Å². The molecule has 0 radical (unpaired) electrons. The molecule has 0 spiro atoms. The van der Waals surface area contributed by atoms with Crippen molar-refractivity contribution in [1.82, 2.24) is 0 Å². The van der Waals surface area contributed by atoms with Crippen LogP contribution in [0.3, 0.4) is 0 Å². The van der Waals surface area contributed by atoms with E-state index in [1.165, 1.54) is 24.3 Å². The van der Waals surface area contributed by atoms with Crippen LogP contribution in [0, 0.1) is 0 Å². The monoisotopic (exact) mass is 317 g/mol. The third-order valence-corrected chi connectivity index (χ3v) is 4.00. The first-order valence-corrected chi connectivity index (χ1v) is 7.16. The molecule has 0 atom stereocenters. The van der Waals surface area contributed by atoms with Gasteiger partial charge in [-0.25, -0.2) is 8.42 Å². The van der Waals surface area contributed by atoms with Gasteiger partial charge in [0.2, 0.25) is 0 Å². The topological polar surface area (TPSA) is 66.4 Å². The van der Waals surface area contributed by atoms with Crippen LogP contribution < -0.4 is 4.72 Å². The molecule has 0 saturated heterocycles. The molecule has 0 saturated carbocycles. The molecular formula is C13H10F3NO3S. The number of halogens is 3. The Kier molecular flexibility index (Phi) is 3.82. The van der Waals surface area contributed by atoms with E-state index in [9.17, 15) is 26.7 Å². The van der Waals surface area contributed by atoms with Crippen molar-refractivity contribution in [1.29, 1.82) is 0 Å². The van der Waals surface area contributed by atoms with Crippen LogP contribution in [-0.4, -0.2) is 13.5 Å². The molecule has 0 amide bonds. The number of alkyl halides is 3. The molecule has 112 valence electrons. The first-order valence-electron chi connectivity index (χ1n) is 5.68. The Morgan fingerprint density at radius 1 is 1.00 bits per heavy atom. The lowest BCUT2D eigenvalue weighted by Crippen LogP contribution is -2.14. The summed E-state index contributed by atoms with van der Waals surface area (Å²) in [5.74, 6) is -0.595. The van der Waals surface area contributed by atoms with E-state index in [0.717, 1.165) is 6.07 Å². The summed E-state index contributed by atoms with van der Waals surface area (Å²) in [7, 11) is -4.08. The van der Waals surface area contributed by atoms with Gasteiger partial charge in [0, 0.05) is 0 Å². The maximum absolute atomic E-state index is 12.6. The van der Waals surface area contributed by atoms with Gasteiger partial charge in [-0.3, -0.25) is 4.72 Å². The second kappa shape index (κ2) is 5.28. The average molecular weight is 317 g/mol. The minimum atomic E-state index is -4.64. The zero-order valence-corrected chi connectivity index (χ0v) is 11.2. The fraction of sp³-hybridized carbons (Fsp3) is 0.0769. The molecule has 2 aromatic rings. The molecule has 2 aromatic carbocycles. The normalized spacial score (nSPS) is 12.1. The molecule has 8 heteroatoms. The Balaban J connectivity index is 2.40. The van der Waals surface area contributed by atoms with Crippen LogP contribution in [0.4, 0.5) is 18.9 Å². The van der Waals surface area contributed by atoms with Crippen LogP contribution in [0.5, 0.6) is 5.75 Å². The number of nitrogens with one attached hydrogen (secondary N) is 1. The summed E-state index contributed by atoms with van der Waals surface area (Å²) >= 11 is 0. The minimum absolute atomic E-state index is 0.123. The molecular weight excluding hydrogens is 307 g/mol. The van der Waals surface area contributed by atoms with Crippen molar-refractivity contribution in [2.45, 2.75) is 11.1 Å². The summed E-state index contributed by atoms with van der Waals surface area (Å²) in [5, 5.41) is 9.52. The van der Waals surface area contributed by atoms with Crippen molar-refractivity contribution < 1.29 is 26.7 Å². The maximum Gasteiger partial charge on any atom is 0.416 e. The summed E-state index contributed by atoms with van der Waals surface area (Å²) in [6.07, 6.45) is -4.64. The quantitative estimate of drug-likeness (QED) is 0.854. The predicted molar refractivity (Wildman–Crippen MR) is 70.4 cm³/mol. The first-order chi connectivity index (χ1) is 9.70. The molecule has 0 heterocycles. The molecule has 0 aromatic heterocycles. The number of hydrogen-bond acceptors (Lipinski definition) is 3. The van der Waals surface area contributed by atoms with Crippen LogP contribution in [0.2, 0.25) is 0 Å². The largest absolute Gasteiger partial charge is 0.506 e. The van der Waals surface area contributed by atoms with Crippen LogP contribution >= 0.6 is 0 Å². The Morgan fingerprint density at radius 3 is 2.19 bits per heavy atom. The third kappa shape index (κ3) is 3.46. The zero-order chi connectivity index (χ0) is 15.7. The summed E-state index contributed by atoms with van der Waals surface area (Å²) in [6.45, 7) is 0. The van der Waals surface area contributed by atoms with Gasteiger partial charge in [0.05, 0.1) is 16.1 Å². The van der Waals surface area contributed by atoms with Gasteiger partial charge in [-0.05, 0) is 30.3 Å². The van der Waals surface area contributed by atoms with Crippen molar-refractivity contribution in [3.63, 3.8) is 0 Å². The van der Waals surface area contributed by atoms with Gasteiger partial charge in [0.15, 0.2) is 0 Å². The van der Waals surface area contributed by atoms with Crippen molar-refractivity contribution >= 4 is 15.7 Å². The number of phenolic OH excluding ortho intramolecular Hbond substituents is 1. The number of hydrogen-bond donors (Lipinski definition) is 2. The molecule has 0 aliphatic heterocycles. The molecule has 2 N–H and O–H groups in total. The highest BCUT2D eigenvalue weighted by molar-refractivity contribution is 7.92. The molecule has 21 heavy (non-hydrogen) atoms. The van der Waals surface area contributed by atoms with Crippen molar-refractivity contribution in [3.8, 4) is 5.75 Å². The van der Waals surface area contributed by atoms with Gasteiger partial charge >= 0.3 is 6.18 Å². The molecule has 4 nitrogen and oxygen atoms in total. The zero-order valence-electron chi connectivity index (χ0n) is 10.4. The third-order valence-electron chi connectivity index (χ3n) is 2.62. The lowest BCUT2D eigenvalue weighted by Gasteiger charge is -2.12. The summed E-state index contributed by atoms with van der Waals surface area (Å²) < 4.78 is 63.7. The predicted octanol–water partition coefficient (Wildman–Crippen LogP) is 3.21. The number of benzene rings is 2. The Morgan fingerprint density at radius 2 is 1.62 bits per heavy atom. The van der Waals surface area contributed by atoms with E-state index in [-0.39, 0.29) is 4.90 Å². The highest BCUT2D eigenvalue weighted by atomic mass is 32.2. The summed E-state index contributed by atoms with van der Waals surface area (Å²) in [6, 6.07) is 9.10. The molecule has 0 unspecified atom stereocenters. The van der Waals surface area contributed by atoms with Gasteiger partial charge in [-0.15, -0.1) is 0 Å². The van der Waals surface area contributed by atoms with Gasteiger partial charge in [0.1, 0.15) is 5.75 Å². The molecule has 2 rings (SSSR count). The Hall–Kier alpha value is -2.22. The highest BCUT2D eigenvalue weighted by Gasteiger charge is 2.31. The van der Waals surface area contributed by atoms with E-state index in [1.54, 1.807) is 6.07 Å². The van der Waals surface area contributed by atoms with E-state index >= 15 is 0 Å². The lowest BCUT2D eigenvalue weighted by atomic mass is 10.2. The number of phenols is 1. The molecule has 0 aliphatic carbocycles. The minimum Gasteiger partial charge on any atom is -0.506 e. The van der Waals surface area contributed by atoms with Crippen LogP contribution in [0.15, 0.2) is 53.4 Å². The molecule has 0 aliphatic rings. The number of aromatic hydroxyl groups is 1. The van der Waals surface area contributed by atoms with E-state index in [0.29, 0.717) is 12.1 Å². The standard InChI is InChI=1S/C13H10F3NO3S/c14-13(15,16)9-6-7-12(18)11(8-9)17-21(19,20)10-4-2-1-3-5-10/h1-8,17-18H. The average Bonchev–Trinajstić information content (AvgIpc) is 2.41. The highest BCUT2D eigenvalue weighted by Crippen LogP contribution is 2.35. The SMILES string of the molecule is O=S(=O)(Nc1cc(C(F)(F)F)ccc1O)c1ccccc1. The number of rotatable bonds is 3. The van der Waals surface area contributed by atoms with Gasteiger partial charge in [-0.1, -0.05) is 18.2 Å².